The summed E-state index contributed by atoms with van der Waals surface area (Å²) >= 11 is 0.759. The molecular weight excluding hydrogens is 514 g/mol. The second kappa shape index (κ2) is 10.6. The van der Waals surface area contributed by atoms with Gasteiger partial charge in [-0.1, -0.05) is 12.1 Å². The first-order valence-corrected chi connectivity index (χ1v) is 12.1. The molecule has 3 amide bonds. The lowest BCUT2D eigenvalue weighted by atomic mass is 10.2. The third-order valence-electron chi connectivity index (χ3n) is 5.56. The van der Waals surface area contributed by atoms with Gasteiger partial charge in [0.15, 0.2) is 11.5 Å². The highest BCUT2D eigenvalue weighted by atomic mass is 32.2. The summed E-state index contributed by atoms with van der Waals surface area (Å²) in [6.07, 6.45) is 1.57. The van der Waals surface area contributed by atoms with Crippen molar-refractivity contribution in [1.29, 1.82) is 0 Å². The number of nitro groups is 1. The minimum absolute atomic E-state index is 0.00727. The standard InChI is InChI=1S/C26H19N3O8S/c30-24(27-18-5-10-21-22(12-18)37-15-36-21)13-28-25(31)23(38-26(28)32)11-16-3-8-20(9-4-16)35-14-17-1-6-19(7-2-17)29(33)34/h1-12H,13-15H2,(H,27,30)/b23-11+. The number of carbonyl (C=O) groups excluding carboxylic acids is 3. The van der Waals surface area contributed by atoms with E-state index in [1.54, 1.807) is 60.7 Å². The van der Waals surface area contributed by atoms with Crippen molar-refractivity contribution < 1.29 is 33.5 Å². The van der Waals surface area contributed by atoms with Gasteiger partial charge in [-0.2, -0.15) is 0 Å². The molecule has 1 N–H and O–H groups in total. The van der Waals surface area contributed by atoms with Crippen LogP contribution in [0.25, 0.3) is 6.08 Å². The highest BCUT2D eigenvalue weighted by molar-refractivity contribution is 8.18. The third kappa shape index (κ3) is 5.60. The average Bonchev–Trinajstić information content (AvgIpc) is 3.48. The Labute approximate surface area is 220 Å². The van der Waals surface area contributed by atoms with Gasteiger partial charge in [0.25, 0.3) is 16.8 Å². The Morgan fingerprint density at radius 2 is 1.79 bits per heavy atom. The van der Waals surface area contributed by atoms with Crippen LogP contribution in [0.5, 0.6) is 17.2 Å². The van der Waals surface area contributed by atoms with Crippen molar-refractivity contribution in [3.63, 3.8) is 0 Å². The van der Waals surface area contributed by atoms with E-state index < -0.39 is 28.5 Å². The van der Waals surface area contributed by atoms with Crippen LogP contribution in [0.3, 0.4) is 0 Å². The van der Waals surface area contributed by atoms with Crippen molar-refractivity contribution in [3.8, 4) is 17.2 Å². The van der Waals surface area contributed by atoms with E-state index in [9.17, 15) is 24.5 Å². The van der Waals surface area contributed by atoms with Crippen LogP contribution in [-0.4, -0.2) is 40.2 Å². The molecule has 0 saturated carbocycles. The predicted octanol–water partition coefficient (Wildman–Crippen LogP) is 4.58. The molecule has 1 saturated heterocycles. The van der Waals surface area contributed by atoms with Crippen molar-refractivity contribution in [1.82, 2.24) is 4.90 Å². The lowest BCUT2D eigenvalue weighted by Gasteiger charge is -2.12. The Bertz CT molecular complexity index is 1450. The number of benzene rings is 3. The Balaban J connectivity index is 1.16. The number of non-ortho nitro benzene ring substituents is 1. The second-order valence-electron chi connectivity index (χ2n) is 8.17. The summed E-state index contributed by atoms with van der Waals surface area (Å²) in [7, 11) is 0. The zero-order valence-electron chi connectivity index (χ0n) is 19.6. The van der Waals surface area contributed by atoms with E-state index in [-0.39, 0.29) is 24.0 Å². The molecule has 38 heavy (non-hydrogen) atoms. The lowest BCUT2D eigenvalue weighted by Crippen LogP contribution is -2.36. The zero-order chi connectivity index (χ0) is 26.6. The fourth-order valence-corrected chi connectivity index (χ4v) is 4.49. The smallest absolute Gasteiger partial charge is 0.294 e. The van der Waals surface area contributed by atoms with Gasteiger partial charge in [0.1, 0.15) is 18.9 Å². The van der Waals surface area contributed by atoms with Crippen molar-refractivity contribution in [2.45, 2.75) is 6.61 Å². The minimum atomic E-state index is -0.556. The molecule has 0 unspecified atom stereocenters. The zero-order valence-corrected chi connectivity index (χ0v) is 20.4. The number of hydrogen-bond acceptors (Lipinski definition) is 9. The molecule has 3 aromatic rings. The van der Waals surface area contributed by atoms with Gasteiger partial charge in [0.05, 0.1) is 9.83 Å². The molecule has 0 spiro atoms. The highest BCUT2D eigenvalue weighted by Gasteiger charge is 2.36. The summed E-state index contributed by atoms with van der Waals surface area (Å²) in [5.74, 6) is 0.554. The van der Waals surface area contributed by atoms with Crippen molar-refractivity contribution in [2.24, 2.45) is 0 Å². The number of nitrogens with zero attached hydrogens (tertiary/aromatic N) is 2. The van der Waals surface area contributed by atoms with Gasteiger partial charge in [-0.25, -0.2) is 0 Å². The molecule has 2 aliphatic rings. The number of anilines is 1. The van der Waals surface area contributed by atoms with E-state index in [0.29, 0.717) is 28.5 Å². The van der Waals surface area contributed by atoms with E-state index in [1.165, 1.54) is 12.1 Å². The second-order valence-corrected chi connectivity index (χ2v) is 9.16. The van der Waals surface area contributed by atoms with Crippen LogP contribution in [-0.2, 0) is 16.2 Å². The molecule has 0 aliphatic carbocycles. The van der Waals surface area contributed by atoms with Gasteiger partial charge in [-0.3, -0.25) is 29.4 Å². The molecule has 192 valence electrons. The lowest BCUT2D eigenvalue weighted by molar-refractivity contribution is -0.384. The molecule has 0 atom stereocenters. The SMILES string of the molecule is O=C(CN1C(=O)S/C(=C/c2ccc(OCc3ccc([N+](=O)[O-])cc3)cc2)C1=O)Nc1ccc2c(c1)OCO2. The Hall–Kier alpha value is -4.84. The number of nitro benzene ring substituents is 1. The molecule has 11 nitrogen and oxygen atoms in total. The van der Waals surface area contributed by atoms with Gasteiger partial charge in [-0.15, -0.1) is 0 Å². The molecule has 5 rings (SSSR count). The highest BCUT2D eigenvalue weighted by Crippen LogP contribution is 2.35. The summed E-state index contributed by atoms with van der Waals surface area (Å²) in [5, 5.41) is 12.9. The molecule has 1 fully saturated rings. The first-order valence-electron chi connectivity index (χ1n) is 11.3. The van der Waals surface area contributed by atoms with Crippen LogP contribution in [0.4, 0.5) is 16.2 Å². The average molecular weight is 534 g/mol. The number of hydrogen-bond donors (Lipinski definition) is 1. The summed E-state index contributed by atoms with van der Waals surface area (Å²) in [4.78, 5) is 49.0. The van der Waals surface area contributed by atoms with Gasteiger partial charge in [-0.05, 0) is 65.4 Å². The van der Waals surface area contributed by atoms with Crippen LogP contribution in [0.2, 0.25) is 0 Å². The van der Waals surface area contributed by atoms with Crippen LogP contribution < -0.4 is 19.5 Å². The number of imide groups is 1. The van der Waals surface area contributed by atoms with Crippen LogP contribution in [0.1, 0.15) is 11.1 Å². The monoisotopic (exact) mass is 533 g/mol. The summed E-state index contributed by atoms with van der Waals surface area (Å²) in [6, 6.07) is 17.8. The number of ether oxygens (including phenoxy) is 3. The normalized spacial score (nSPS) is 15.2. The molecule has 0 aromatic heterocycles. The Morgan fingerprint density at radius 1 is 1.05 bits per heavy atom. The maximum absolute atomic E-state index is 12.8. The van der Waals surface area contributed by atoms with Crippen molar-refractivity contribution >= 4 is 46.3 Å². The van der Waals surface area contributed by atoms with Gasteiger partial charge >= 0.3 is 0 Å². The van der Waals surface area contributed by atoms with E-state index in [4.69, 9.17) is 14.2 Å². The maximum Gasteiger partial charge on any atom is 0.294 e. The number of nitrogens with one attached hydrogen (secondary N) is 1. The fourth-order valence-electron chi connectivity index (χ4n) is 3.65. The molecular formula is C26H19N3O8S. The summed E-state index contributed by atoms with van der Waals surface area (Å²) in [6.45, 7) is -0.0931. The molecule has 2 aliphatic heterocycles. The number of fused-ring (bicyclic) bond motifs is 1. The quantitative estimate of drug-likeness (QED) is 0.251. The number of rotatable bonds is 8. The van der Waals surface area contributed by atoms with Gasteiger partial charge in [0.2, 0.25) is 12.7 Å². The molecule has 2 heterocycles. The summed E-state index contributed by atoms with van der Waals surface area (Å²) < 4.78 is 16.2. The van der Waals surface area contributed by atoms with Crippen LogP contribution in [0, 0.1) is 10.1 Å². The molecule has 3 aromatic carbocycles. The van der Waals surface area contributed by atoms with Crippen LogP contribution >= 0.6 is 11.8 Å². The van der Waals surface area contributed by atoms with Crippen molar-refractivity contribution in [2.75, 3.05) is 18.7 Å². The number of amides is 3. The van der Waals surface area contributed by atoms with E-state index >= 15 is 0 Å². The fraction of sp³-hybridized carbons (Fsp3) is 0.115. The Kier molecular flexibility index (Phi) is 6.96. The van der Waals surface area contributed by atoms with Gasteiger partial charge < -0.3 is 19.5 Å². The maximum atomic E-state index is 12.8. The van der Waals surface area contributed by atoms with Crippen molar-refractivity contribution in [3.05, 3.63) is 92.9 Å². The van der Waals surface area contributed by atoms with E-state index in [0.717, 1.165) is 22.2 Å². The van der Waals surface area contributed by atoms with Gasteiger partial charge in [0, 0.05) is 23.9 Å². The van der Waals surface area contributed by atoms with E-state index in [1.807, 2.05) is 0 Å². The molecule has 0 radical (unpaired) electrons. The number of carbonyl (C=O) groups is 3. The third-order valence-corrected chi connectivity index (χ3v) is 6.47. The topological polar surface area (TPSA) is 137 Å². The largest absolute Gasteiger partial charge is 0.489 e. The van der Waals surface area contributed by atoms with E-state index in [2.05, 4.69) is 5.32 Å². The molecule has 12 heteroatoms. The van der Waals surface area contributed by atoms with Crippen LogP contribution in [0.15, 0.2) is 71.6 Å². The first kappa shape index (κ1) is 24.8. The first-order chi connectivity index (χ1) is 18.4. The predicted molar refractivity (Wildman–Crippen MR) is 138 cm³/mol. The molecule has 0 bridgehead atoms. The number of thioether (sulfide) groups is 1. The summed E-state index contributed by atoms with van der Waals surface area (Å²) in [5.41, 5.74) is 1.91. The Morgan fingerprint density at radius 3 is 2.53 bits per heavy atom. The minimum Gasteiger partial charge on any atom is -0.489 e.